The van der Waals surface area contributed by atoms with Crippen molar-refractivity contribution < 1.29 is 29.9 Å². The highest BCUT2D eigenvalue weighted by atomic mass is 79.9. The monoisotopic (exact) mass is 626 g/mol. The molecule has 0 amide bonds. The lowest BCUT2D eigenvalue weighted by Gasteiger charge is -2.20. The highest BCUT2D eigenvalue weighted by Gasteiger charge is 2.22. The van der Waals surface area contributed by atoms with Gasteiger partial charge in [-0.3, -0.25) is 0 Å². The Hall–Kier alpha value is 0.900. The summed E-state index contributed by atoms with van der Waals surface area (Å²) in [6, 6.07) is 0. The summed E-state index contributed by atoms with van der Waals surface area (Å²) >= 11 is 14.1. The van der Waals surface area contributed by atoms with Gasteiger partial charge in [0.05, 0.1) is 51.8 Å². The molecule has 0 radical (unpaired) electrons. The minimum absolute atomic E-state index is 0.0929. The third-order valence-corrected chi connectivity index (χ3v) is 7.98. The summed E-state index contributed by atoms with van der Waals surface area (Å²) in [5.41, 5.74) is 1.66. The van der Waals surface area contributed by atoms with Crippen LogP contribution in [0.4, 0.5) is 0 Å². The average molecular weight is 630 g/mol. The summed E-state index contributed by atoms with van der Waals surface area (Å²) in [4.78, 5) is 0. The van der Waals surface area contributed by atoms with Crippen molar-refractivity contribution in [3.8, 4) is 0 Å². The standard InChI is InChI=1S/C16H22Br4O6/c17-13-11(5-9(23)7-25-3-1-21)14(18)16(20)15(19)12(13)6-10(24)8-26-4-2-22/h9-10,21-24H,1-8H2. The lowest BCUT2D eigenvalue weighted by molar-refractivity contribution is 0.0210. The maximum atomic E-state index is 10.2. The molecule has 0 saturated carbocycles. The number of aliphatic hydroxyl groups is 4. The third kappa shape index (κ3) is 7.73. The first-order chi connectivity index (χ1) is 12.3. The van der Waals surface area contributed by atoms with E-state index < -0.39 is 12.2 Å². The van der Waals surface area contributed by atoms with Crippen LogP contribution in [0.15, 0.2) is 17.9 Å². The number of benzene rings is 1. The van der Waals surface area contributed by atoms with Crippen LogP contribution in [0, 0.1) is 0 Å². The Morgan fingerprint density at radius 2 is 1.04 bits per heavy atom. The second-order valence-corrected chi connectivity index (χ2v) is 8.70. The molecule has 1 aromatic carbocycles. The van der Waals surface area contributed by atoms with Crippen LogP contribution in [0.25, 0.3) is 0 Å². The van der Waals surface area contributed by atoms with Crippen molar-refractivity contribution in [2.24, 2.45) is 0 Å². The number of hydrogen-bond donors (Lipinski definition) is 4. The first-order valence-electron chi connectivity index (χ1n) is 7.90. The number of ether oxygens (including phenoxy) is 2. The minimum Gasteiger partial charge on any atom is -0.394 e. The van der Waals surface area contributed by atoms with Crippen LogP contribution in [-0.4, -0.2) is 72.3 Å². The molecule has 6 nitrogen and oxygen atoms in total. The van der Waals surface area contributed by atoms with E-state index in [1.165, 1.54) is 0 Å². The van der Waals surface area contributed by atoms with Gasteiger partial charge in [0.25, 0.3) is 0 Å². The second kappa shape index (κ2) is 13.2. The molecule has 0 fully saturated rings. The van der Waals surface area contributed by atoms with E-state index in [-0.39, 0.29) is 39.6 Å². The van der Waals surface area contributed by atoms with E-state index >= 15 is 0 Å². The van der Waals surface area contributed by atoms with Crippen molar-refractivity contribution in [2.75, 3.05) is 39.6 Å². The summed E-state index contributed by atoms with van der Waals surface area (Å²) in [7, 11) is 0. The molecule has 2 unspecified atom stereocenters. The van der Waals surface area contributed by atoms with E-state index in [9.17, 15) is 10.2 Å². The Bertz CT molecular complexity index is 527. The molecule has 0 bridgehead atoms. The maximum absolute atomic E-state index is 10.2. The molecule has 10 heteroatoms. The molecule has 0 aromatic heterocycles. The first kappa shape index (κ1) is 24.9. The van der Waals surface area contributed by atoms with Gasteiger partial charge in [-0.05, 0) is 58.9 Å². The van der Waals surface area contributed by atoms with Crippen LogP contribution in [0.3, 0.4) is 0 Å². The predicted molar refractivity (Wildman–Crippen MR) is 112 cm³/mol. The molecular weight excluding hydrogens is 608 g/mol. The quantitative estimate of drug-likeness (QED) is 0.161. The fraction of sp³-hybridized carbons (Fsp3) is 0.625. The average Bonchev–Trinajstić information content (AvgIpc) is 2.61. The van der Waals surface area contributed by atoms with Gasteiger partial charge >= 0.3 is 0 Å². The Balaban J connectivity index is 2.96. The molecule has 0 heterocycles. The normalized spacial score (nSPS) is 13.8. The molecule has 0 aliphatic rings. The van der Waals surface area contributed by atoms with Crippen LogP contribution in [-0.2, 0) is 22.3 Å². The SMILES string of the molecule is OCCOCC(O)Cc1c(Br)c(Br)c(Br)c(CC(O)COCCO)c1Br. The van der Waals surface area contributed by atoms with Gasteiger partial charge in [0.15, 0.2) is 0 Å². The maximum Gasteiger partial charge on any atom is 0.0814 e. The zero-order chi connectivity index (χ0) is 19.7. The van der Waals surface area contributed by atoms with Crippen LogP contribution in [0.2, 0.25) is 0 Å². The molecule has 2 atom stereocenters. The molecule has 0 spiro atoms. The smallest absolute Gasteiger partial charge is 0.0814 e. The summed E-state index contributed by atoms with van der Waals surface area (Å²) < 4.78 is 13.5. The number of rotatable bonds is 12. The van der Waals surface area contributed by atoms with Crippen LogP contribution in [0.1, 0.15) is 11.1 Å². The van der Waals surface area contributed by atoms with E-state index in [1.807, 2.05) is 0 Å². The van der Waals surface area contributed by atoms with Crippen LogP contribution >= 0.6 is 63.7 Å². The molecule has 4 N–H and O–H groups in total. The molecular formula is C16H22Br4O6. The van der Waals surface area contributed by atoms with E-state index in [0.717, 1.165) is 29.0 Å². The Morgan fingerprint density at radius 3 is 1.38 bits per heavy atom. The minimum atomic E-state index is -0.743. The fourth-order valence-corrected chi connectivity index (χ4v) is 5.37. The summed E-state index contributed by atoms with van der Waals surface area (Å²) in [6.07, 6.45) is -0.841. The highest BCUT2D eigenvalue weighted by molar-refractivity contribution is 9.14. The number of halogens is 4. The highest BCUT2D eigenvalue weighted by Crippen LogP contribution is 2.42. The summed E-state index contributed by atoms with van der Waals surface area (Å²) in [5.74, 6) is 0. The number of hydrogen-bond acceptors (Lipinski definition) is 6. The van der Waals surface area contributed by atoms with Crippen LogP contribution in [0.5, 0.6) is 0 Å². The lowest BCUT2D eigenvalue weighted by Crippen LogP contribution is -2.22. The van der Waals surface area contributed by atoms with Crippen molar-refractivity contribution in [1.29, 1.82) is 0 Å². The third-order valence-electron chi connectivity index (χ3n) is 3.42. The molecule has 1 rings (SSSR count). The zero-order valence-electron chi connectivity index (χ0n) is 13.9. The summed E-state index contributed by atoms with van der Waals surface area (Å²) in [5, 5.41) is 37.9. The van der Waals surface area contributed by atoms with Gasteiger partial charge in [0, 0.05) is 30.7 Å². The predicted octanol–water partition coefficient (Wildman–Crippen LogP) is 2.56. The first-order valence-corrected chi connectivity index (χ1v) is 11.1. The molecule has 150 valence electrons. The van der Waals surface area contributed by atoms with Crippen molar-refractivity contribution in [1.82, 2.24) is 0 Å². The van der Waals surface area contributed by atoms with Gasteiger partial charge < -0.3 is 29.9 Å². The summed E-state index contributed by atoms with van der Waals surface area (Å²) in [6.45, 7) is 0.387. The Morgan fingerprint density at radius 1 is 0.654 bits per heavy atom. The fourth-order valence-electron chi connectivity index (χ4n) is 2.25. The Kier molecular flexibility index (Phi) is 12.6. The van der Waals surface area contributed by atoms with E-state index in [4.69, 9.17) is 19.7 Å². The molecule has 0 saturated heterocycles. The van der Waals surface area contributed by atoms with Crippen molar-refractivity contribution >= 4 is 63.7 Å². The van der Waals surface area contributed by atoms with Crippen molar-refractivity contribution in [2.45, 2.75) is 25.0 Å². The Labute approximate surface area is 186 Å². The molecule has 0 aliphatic carbocycles. The lowest BCUT2D eigenvalue weighted by atomic mass is 10.0. The molecule has 26 heavy (non-hydrogen) atoms. The van der Waals surface area contributed by atoms with Crippen LogP contribution < -0.4 is 0 Å². The van der Waals surface area contributed by atoms with Gasteiger partial charge in [-0.15, -0.1) is 0 Å². The zero-order valence-corrected chi connectivity index (χ0v) is 20.3. The van der Waals surface area contributed by atoms with Gasteiger partial charge in [0.1, 0.15) is 0 Å². The molecule has 1 aromatic rings. The van der Waals surface area contributed by atoms with Gasteiger partial charge in [-0.2, -0.15) is 0 Å². The second-order valence-electron chi connectivity index (χ2n) is 5.53. The van der Waals surface area contributed by atoms with E-state index in [1.54, 1.807) is 0 Å². The largest absolute Gasteiger partial charge is 0.394 e. The van der Waals surface area contributed by atoms with E-state index in [0.29, 0.717) is 12.8 Å². The topological polar surface area (TPSA) is 99.4 Å². The van der Waals surface area contributed by atoms with Crippen molar-refractivity contribution in [3.63, 3.8) is 0 Å². The van der Waals surface area contributed by atoms with Gasteiger partial charge in [-0.1, -0.05) is 15.9 Å². The van der Waals surface area contributed by atoms with Crippen molar-refractivity contribution in [3.05, 3.63) is 29.0 Å². The number of aliphatic hydroxyl groups excluding tert-OH is 4. The molecule has 0 aliphatic heterocycles. The van der Waals surface area contributed by atoms with Gasteiger partial charge in [0.2, 0.25) is 0 Å². The van der Waals surface area contributed by atoms with E-state index in [2.05, 4.69) is 63.7 Å². The van der Waals surface area contributed by atoms with Gasteiger partial charge in [-0.25, -0.2) is 0 Å².